The van der Waals surface area contributed by atoms with Gasteiger partial charge in [0, 0.05) is 25.4 Å². The molecule has 1 fully saturated rings. The maximum absolute atomic E-state index is 11.2. The third kappa shape index (κ3) is 5.07. The van der Waals surface area contributed by atoms with Gasteiger partial charge in [-0.3, -0.25) is 14.7 Å². The lowest BCUT2D eigenvalue weighted by atomic mass is 9.96. The molecule has 0 unspecified atom stereocenters. The van der Waals surface area contributed by atoms with Gasteiger partial charge in [-0.25, -0.2) is 0 Å². The van der Waals surface area contributed by atoms with E-state index in [0.717, 1.165) is 13.0 Å². The van der Waals surface area contributed by atoms with Gasteiger partial charge in [-0.15, -0.1) is 0 Å². The number of carbonyl (C=O) groups is 1. The molecule has 23 heavy (non-hydrogen) atoms. The first-order valence-corrected chi connectivity index (χ1v) is 8.37. The SMILES string of the molecule is CC[C@@](C)(C#CCN1CCCC[C@H]1c1cccnc1)OC(C)=O. The summed E-state index contributed by atoms with van der Waals surface area (Å²) in [4.78, 5) is 17.9. The predicted molar refractivity (Wildman–Crippen MR) is 90.6 cm³/mol. The van der Waals surface area contributed by atoms with Gasteiger partial charge in [-0.2, -0.15) is 0 Å². The fourth-order valence-corrected chi connectivity index (χ4v) is 2.96. The van der Waals surface area contributed by atoms with E-state index >= 15 is 0 Å². The van der Waals surface area contributed by atoms with Crippen LogP contribution < -0.4 is 0 Å². The highest BCUT2D eigenvalue weighted by Gasteiger charge is 2.25. The van der Waals surface area contributed by atoms with Gasteiger partial charge in [-0.05, 0) is 44.4 Å². The summed E-state index contributed by atoms with van der Waals surface area (Å²) in [7, 11) is 0. The van der Waals surface area contributed by atoms with E-state index in [4.69, 9.17) is 4.74 Å². The lowest BCUT2D eigenvalue weighted by Crippen LogP contribution is -2.34. The van der Waals surface area contributed by atoms with Gasteiger partial charge in [0.1, 0.15) is 0 Å². The molecule has 1 saturated heterocycles. The molecule has 2 rings (SSSR count). The molecule has 124 valence electrons. The molecule has 0 amide bonds. The Kier molecular flexibility index (Phi) is 6.18. The number of aromatic nitrogens is 1. The molecular formula is C19H26N2O2. The number of pyridine rings is 1. The van der Waals surface area contributed by atoms with Crippen LogP contribution in [0.3, 0.4) is 0 Å². The van der Waals surface area contributed by atoms with Crippen LogP contribution in [0.4, 0.5) is 0 Å². The molecule has 0 saturated carbocycles. The maximum Gasteiger partial charge on any atom is 0.304 e. The molecule has 4 nitrogen and oxygen atoms in total. The molecule has 0 spiro atoms. The van der Waals surface area contributed by atoms with Crippen molar-refractivity contribution in [3.8, 4) is 11.8 Å². The fourth-order valence-electron chi connectivity index (χ4n) is 2.96. The molecule has 0 bridgehead atoms. The number of esters is 1. The highest BCUT2D eigenvalue weighted by atomic mass is 16.6. The Hall–Kier alpha value is -1.86. The Morgan fingerprint density at radius 2 is 2.35 bits per heavy atom. The molecule has 1 aliphatic heterocycles. The van der Waals surface area contributed by atoms with E-state index in [-0.39, 0.29) is 5.97 Å². The zero-order valence-electron chi connectivity index (χ0n) is 14.3. The lowest BCUT2D eigenvalue weighted by molar-refractivity contribution is -0.150. The van der Waals surface area contributed by atoms with Crippen LogP contribution >= 0.6 is 0 Å². The van der Waals surface area contributed by atoms with E-state index < -0.39 is 5.60 Å². The third-order valence-corrected chi connectivity index (χ3v) is 4.36. The molecular weight excluding hydrogens is 288 g/mol. The number of rotatable bonds is 4. The summed E-state index contributed by atoms with van der Waals surface area (Å²) in [5.41, 5.74) is 0.568. The number of hydrogen-bond acceptors (Lipinski definition) is 4. The van der Waals surface area contributed by atoms with Crippen molar-refractivity contribution in [3.05, 3.63) is 30.1 Å². The van der Waals surface area contributed by atoms with Crippen LogP contribution in [0.5, 0.6) is 0 Å². The highest BCUT2D eigenvalue weighted by Crippen LogP contribution is 2.29. The van der Waals surface area contributed by atoms with Crippen LogP contribution in [0.2, 0.25) is 0 Å². The van der Waals surface area contributed by atoms with Gasteiger partial charge in [0.2, 0.25) is 0 Å². The lowest BCUT2D eigenvalue weighted by Gasteiger charge is -2.34. The molecule has 0 N–H and O–H groups in total. The Morgan fingerprint density at radius 3 is 3.00 bits per heavy atom. The van der Waals surface area contributed by atoms with Crippen molar-refractivity contribution in [2.45, 2.75) is 58.1 Å². The second-order valence-corrected chi connectivity index (χ2v) is 6.25. The van der Waals surface area contributed by atoms with Crippen LogP contribution in [0.1, 0.15) is 58.1 Å². The van der Waals surface area contributed by atoms with Gasteiger partial charge in [0.15, 0.2) is 5.60 Å². The average molecular weight is 314 g/mol. The zero-order chi connectivity index (χ0) is 16.7. The molecule has 0 aliphatic carbocycles. The Bertz CT molecular complexity index is 576. The van der Waals surface area contributed by atoms with E-state index in [0.29, 0.717) is 19.0 Å². The first kappa shape index (κ1) is 17.5. The van der Waals surface area contributed by atoms with Crippen molar-refractivity contribution in [2.24, 2.45) is 0 Å². The van der Waals surface area contributed by atoms with E-state index in [9.17, 15) is 4.79 Å². The van der Waals surface area contributed by atoms with Gasteiger partial charge in [0.05, 0.1) is 6.54 Å². The number of carbonyl (C=O) groups excluding carboxylic acids is 1. The van der Waals surface area contributed by atoms with Crippen molar-refractivity contribution < 1.29 is 9.53 Å². The molecule has 0 aromatic carbocycles. The van der Waals surface area contributed by atoms with Crippen LogP contribution in [-0.2, 0) is 9.53 Å². The summed E-state index contributed by atoms with van der Waals surface area (Å²) in [5.74, 6) is 6.09. The largest absolute Gasteiger partial charge is 0.446 e. The molecule has 1 aromatic rings. The van der Waals surface area contributed by atoms with Crippen LogP contribution in [-0.4, -0.2) is 34.5 Å². The summed E-state index contributed by atoms with van der Waals surface area (Å²) in [6.45, 7) is 7.02. The number of likely N-dealkylation sites (tertiary alicyclic amines) is 1. The van der Waals surface area contributed by atoms with Crippen LogP contribution in [0, 0.1) is 11.8 Å². The summed E-state index contributed by atoms with van der Waals surface area (Å²) in [6, 6.07) is 4.51. The first-order valence-electron chi connectivity index (χ1n) is 8.37. The summed E-state index contributed by atoms with van der Waals surface area (Å²) >= 11 is 0. The standard InChI is InChI=1S/C19H26N2O2/c1-4-19(3,23-16(2)22)11-8-14-21-13-6-5-10-18(21)17-9-7-12-20-15-17/h7,9,12,15,18H,4-6,10,13-14H2,1-3H3/t18-,19-/m0/s1. The van der Waals surface area contributed by atoms with E-state index in [1.807, 2.05) is 32.3 Å². The van der Waals surface area contributed by atoms with Crippen molar-refractivity contribution in [1.82, 2.24) is 9.88 Å². The third-order valence-electron chi connectivity index (χ3n) is 4.36. The van der Waals surface area contributed by atoms with Crippen LogP contribution in [0.25, 0.3) is 0 Å². The number of nitrogens with zero attached hydrogens (tertiary/aromatic N) is 2. The number of hydrogen-bond donors (Lipinski definition) is 0. The Balaban J connectivity index is 2.06. The van der Waals surface area contributed by atoms with E-state index in [2.05, 4.69) is 27.8 Å². The monoisotopic (exact) mass is 314 g/mol. The molecule has 0 radical (unpaired) electrons. The van der Waals surface area contributed by atoms with E-state index in [1.54, 1.807) is 0 Å². The van der Waals surface area contributed by atoms with Crippen LogP contribution in [0.15, 0.2) is 24.5 Å². The molecule has 4 heteroatoms. The second-order valence-electron chi connectivity index (χ2n) is 6.25. The average Bonchev–Trinajstić information content (AvgIpc) is 2.55. The summed E-state index contributed by atoms with van der Waals surface area (Å²) in [6.07, 6.45) is 8.03. The molecule has 1 aliphatic rings. The number of piperidine rings is 1. The summed E-state index contributed by atoms with van der Waals surface area (Å²) < 4.78 is 5.35. The zero-order valence-corrected chi connectivity index (χ0v) is 14.3. The molecule has 1 aromatic heterocycles. The first-order chi connectivity index (χ1) is 11.0. The number of ether oxygens (including phenoxy) is 1. The minimum absolute atomic E-state index is 0.283. The van der Waals surface area contributed by atoms with Gasteiger partial charge >= 0.3 is 5.97 Å². The highest BCUT2D eigenvalue weighted by molar-refractivity contribution is 5.67. The smallest absolute Gasteiger partial charge is 0.304 e. The Labute approximate surface area is 139 Å². The second kappa shape index (κ2) is 8.12. The summed E-state index contributed by atoms with van der Waals surface area (Å²) in [5, 5.41) is 0. The quantitative estimate of drug-likeness (QED) is 0.631. The Morgan fingerprint density at radius 1 is 1.52 bits per heavy atom. The minimum atomic E-state index is -0.689. The van der Waals surface area contributed by atoms with Gasteiger partial charge in [0.25, 0.3) is 0 Å². The van der Waals surface area contributed by atoms with Crippen molar-refractivity contribution >= 4 is 5.97 Å². The van der Waals surface area contributed by atoms with Crippen molar-refractivity contribution in [1.29, 1.82) is 0 Å². The maximum atomic E-state index is 11.2. The van der Waals surface area contributed by atoms with Crippen molar-refractivity contribution in [2.75, 3.05) is 13.1 Å². The predicted octanol–water partition coefficient (Wildman–Crippen LogP) is 3.34. The van der Waals surface area contributed by atoms with Gasteiger partial charge < -0.3 is 4.74 Å². The molecule has 2 atom stereocenters. The topological polar surface area (TPSA) is 42.4 Å². The van der Waals surface area contributed by atoms with Gasteiger partial charge in [-0.1, -0.05) is 31.3 Å². The van der Waals surface area contributed by atoms with E-state index in [1.165, 1.54) is 25.3 Å². The molecule has 2 heterocycles. The fraction of sp³-hybridized carbons (Fsp3) is 0.579. The minimum Gasteiger partial charge on any atom is -0.446 e. The normalized spacial score (nSPS) is 20.9. The van der Waals surface area contributed by atoms with Crippen molar-refractivity contribution in [3.63, 3.8) is 0 Å².